The number of aliphatic hydroxyl groups excluding tert-OH is 1. The summed E-state index contributed by atoms with van der Waals surface area (Å²) < 4.78 is 0. The average Bonchev–Trinajstić information content (AvgIpc) is 2.40. The molecule has 0 aromatic rings. The molecule has 4 rings (SSSR count). The maximum atomic E-state index is 9.96. The Hall–Kier alpha value is -0.120. The largest absolute Gasteiger partial charge is 0.393 e. The maximum absolute atomic E-state index is 9.96. The molecule has 0 aliphatic carbocycles. The molecule has 4 fully saturated rings. The molecule has 0 spiro atoms. The lowest BCUT2D eigenvalue weighted by molar-refractivity contribution is -0.994. The molecule has 7 atom stereocenters. The number of aliphatic hydroxyl groups is 1. The van der Waals surface area contributed by atoms with Gasteiger partial charge in [-0.15, -0.1) is 0 Å². The average molecular weight is 252 g/mol. The third kappa shape index (κ3) is 1.83. The van der Waals surface area contributed by atoms with Gasteiger partial charge in [0, 0.05) is 19.3 Å². The zero-order chi connectivity index (χ0) is 12.1. The summed E-state index contributed by atoms with van der Waals surface area (Å²) in [6.07, 6.45) is 8.05. The van der Waals surface area contributed by atoms with Gasteiger partial charge in [-0.25, -0.2) is 0 Å². The molecule has 4 saturated heterocycles. The monoisotopic (exact) mass is 252 g/mol. The molecule has 18 heavy (non-hydrogen) atoms. The second-order valence-electron chi connectivity index (χ2n) is 7.37. The van der Waals surface area contributed by atoms with E-state index >= 15 is 0 Å². The summed E-state index contributed by atoms with van der Waals surface area (Å²) >= 11 is 0. The minimum absolute atomic E-state index is 0.00405. The molecule has 4 aliphatic heterocycles. The number of fused-ring (bicyclic) bond motifs is 6. The van der Waals surface area contributed by atoms with Crippen molar-refractivity contribution in [1.29, 1.82) is 0 Å². The predicted octanol–water partition coefficient (Wildman–Crippen LogP) is -1.52. The Labute approximate surface area is 110 Å². The van der Waals surface area contributed by atoms with Gasteiger partial charge in [0.25, 0.3) is 0 Å². The Kier molecular flexibility index (Phi) is 2.90. The van der Waals surface area contributed by atoms with Crippen molar-refractivity contribution in [3.05, 3.63) is 0 Å². The van der Waals surface area contributed by atoms with Crippen LogP contribution in [0.2, 0.25) is 0 Å². The second kappa shape index (κ2) is 4.46. The van der Waals surface area contributed by atoms with Crippen LogP contribution in [0.1, 0.15) is 38.5 Å². The molecule has 2 bridgehead atoms. The van der Waals surface area contributed by atoms with Crippen LogP contribution in [-0.2, 0) is 0 Å². The predicted molar refractivity (Wildman–Crippen MR) is 69.7 cm³/mol. The van der Waals surface area contributed by atoms with Gasteiger partial charge in [-0.05, 0) is 19.3 Å². The Bertz CT molecular complexity index is 322. The third-order valence-corrected chi connectivity index (χ3v) is 6.43. The van der Waals surface area contributed by atoms with E-state index in [1.54, 1.807) is 0 Å². The number of hydrogen-bond acceptors (Lipinski definition) is 1. The zero-order valence-corrected chi connectivity index (χ0v) is 11.4. The molecule has 3 N–H and O–H groups in total. The van der Waals surface area contributed by atoms with E-state index in [0.29, 0.717) is 0 Å². The lowest BCUT2D eigenvalue weighted by atomic mass is 9.70. The summed E-state index contributed by atoms with van der Waals surface area (Å²) in [4.78, 5) is 3.78. The number of piperidine rings is 4. The molecule has 3 heteroatoms. The smallest absolute Gasteiger partial charge is 0.0982 e. The van der Waals surface area contributed by atoms with Crippen molar-refractivity contribution < 1.29 is 14.9 Å². The summed E-state index contributed by atoms with van der Waals surface area (Å²) in [7, 11) is 0. The van der Waals surface area contributed by atoms with E-state index < -0.39 is 0 Å². The van der Waals surface area contributed by atoms with Crippen molar-refractivity contribution in [2.75, 3.05) is 26.2 Å². The number of quaternary nitrogens is 2. The van der Waals surface area contributed by atoms with Crippen LogP contribution in [0.25, 0.3) is 0 Å². The van der Waals surface area contributed by atoms with Crippen LogP contribution >= 0.6 is 0 Å². The van der Waals surface area contributed by atoms with E-state index in [4.69, 9.17) is 0 Å². The minimum atomic E-state index is 0.00405. The fourth-order valence-corrected chi connectivity index (χ4v) is 5.66. The Morgan fingerprint density at radius 1 is 0.778 bits per heavy atom. The molecule has 0 radical (unpaired) electrons. The van der Waals surface area contributed by atoms with Gasteiger partial charge in [-0.3, -0.25) is 0 Å². The van der Waals surface area contributed by atoms with E-state index in [9.17, 15) is 5.11 Å². The highest BCUT2D eigenvalue weighted by Crippen LogP contribution is 2.29. The summed E-state index contributed by atoms with van der Waals surface area (Å²) in [6, 6.07) is 1.79. The van der Waals surface area contributed by atoms with Crippen LogP contribution < -0.4 is 9.80 Å². The van der Waals surface area contributed by atoms with Gasteiger partial charge >= 0.3 is 0 Å². The van der Waals surface area contributed by atoms with Crippen molar-refractivity contribution in [2.45, 2.75) is 56.7 Å². The summed E-state index contributed by atoms with van der Waals surface area (Å²) in [5, 5.41) is 9.96. The van der Waals surface area contributed by atoms with E-state index in [0.717, 1.165) is 36.8 Å². The first-order valence-electron chi connectivity index (χ1n) is 8.18. The Morgan fingerprint density at radius 3 is 2.44 bits per heavy atom. The molecule has 2 unspecified atom stereocenters. The highest BCUT2D eigenvalue weighted by atomic mass is 16.3. The molecular formula is C15H28N2O+2. The molecule has 3 nitrogen and oxygen atoms in total. The van der Waals surface area contributed by atoms with E-state index in [-0.39, 0.29) is 6.10 Å². The van der Waals surface area contributed by atoms with Gasteiger partial charge in [-0.2, -0.15) is 0 Å². The molecule has 4 aliphatic rings. The van der Waals surface area contributed by atoms with Crippen LogP contribution in [0.5, 0.6) is 0 Å². The minimum Gasteiger partial charge on any atom is -0.393 e. The number of rotatable bonds is 0. The molecule has 102 valence electrons. The number of hydrogen-bond donors (Lipinski definition) is 3. The first-order chi connectivity index (χ1) is 8.81. The molecule has 4 heterocycles. The second-order valence-corrected chi connectivity index (χ2v) is 7.37. The van der Waals surface area contributed by atoms with Crippen LogP contribution in [0.3, 0.4) is 0 Å². The molecule has 0 amide bonds. The van der Waals surface area contributed by atoms with Crippen LogP contribution in [0, 0.1) is 11.8 Å². The fraction of sp³-hybridized carbons (Fsp3) is 1.00. The fourth-order valence-electron chi connectivity index (χ4n) is 5.66. The Morgan fingerprint density at radius 2 is 1.56 bits per heavy atom. The maximum Gasteiger partial charge on any atom is 0.0982 e. The highest BCUT2D eigenvalue weighted by Gasteiger charge is 2.52. The van der Waals surface area contributed by atoms with Crippen molar-refractivity contribution in [3.63, 3.8) is 0 Å². The molecular weight excluding hydrogens is 224 g/mol. The van der Waals surface area contributed by atoms with Gasteiger partial charge in [0.1, 0.15) is 0 Å². The first-order valence-corrected chi connectivity index (χ1v) is 8.18. The molecule has 0 aromatic carbocycles. The van der Waals surface area contributed by atoms with Gasteiger partial charge in [0.15, 0.2) is 0 Å². The van der Waals surface area contributed by atoms with E-state index in [1.807, 2.05) is 9.80 Å². The highest BCUT2D eigenvalue weighted by molar-refractivity contribution is 4.88. The van der Waals surface area contributed by atoms with Crippen LogP contribution in [-0.4, -0.2) is 49.5 Å². The van der Waals surface area contributed by atoms with E-state index in [1.165, 1.54) is 51.9 Å². The summed E-state index contributed by atoms with van der Waals surface area (Å²) in [5.41, 5.74) is 0. The van der Waals surface area contributed by atoms with Crippen molar-refractivity contribution >= 4 is 0 Å². The summed E-state index contributed by atoms with van der Waals surface area (Å²) in [5.74, 6) is 1.92. The molecule has 0 aromatic heterocycles. The van der Waals surface area contributed by atoms with Crippen molar-refractivity contribution in [2.24, 2.45) is 11.8 Å². The van der Waals surface area contributed by atoms with Crippen LogP contribution in [0.15, 0.2) is 0 Å². The van der Waals surface area contributed by atoms with Gasteiger partial charge in [-0.1, -0.05) is 0 Å². The van der Waals surface area contributed by atoms with E-state index in [2.05, 4.69) is 0 Å². The summed E-state index contributed by atoms with van der Waals surface area (Å²) in [6.45, 7) is 5.51. The van der Waals surface area contributed by atoms with Crippen LogP contribution in [0.4, 0.5) is 0 Å². The molecule has 0 saturated carbocycles. The topological polar surface area (TPSA) is 29.1 Å². The van der Waals surface area contributed by atoms with Crippen molar-refractivity contribution in [1.82, 2.24) is 0 Å². The van der Waals surface area contributed by atoms with Gasteiger partial charge < -0.3 is 14.9 Å². The lowest BCUT2D eigenvalue weighted by Gasteiger charge is -2.53. The quantitative estimate of drug-likeness (QED) is 0.480. The lowest BCUT2D eigenvalue weighted by Crippen LogP contribution is -3.26. The number of nitrogens with one attached hydrogen (secondary N) is 2. The van der Waals surface area contributed by atoms with Crippen molar-refractivity contribution in [3.8, 4) is 0 Å². The van der Waals surface area contributed by atoms with Gasteiger partial charge in [0.2, 0.25) is 0 Å². The normalized spacial score (nSPS) is 55.5. The zero-order valence-electron chi connectivity index (χ0n) is 11.4. The SMILES string of the molecule is O[C@@H]1CC[NH+]2C[C@H]3C[C@H](C[NH+]4CCCC[C@H]34)[C@H]2C1. The third-order valence-electron chi connectivity index (χ3n) is 6.43. The first kappa shape index (κ1) is 11.7. The standard InChI is InChI=1S/C15H26N2O/c18-13-4-6-17-9-11-7-12(15(17)8-13)10-16-5-2-1-3-14(11)16/h11-15,18H,1-10H2/p+2/t11-,12-,13-,14-,15-/m1/s1. The Balaban J connectivity index is 1.55. The van der Waals surface area contributed by atoms with Gasteiger partial charge in [0.05, 0.1) is 56.2 Å².